The van der Waals surface area contributed by atoms with Gasteiger partial charge in [-0.15, -0.1) is 0 Å². The van der Waals surface area contributed by atoms with Crippen molar-refractivity contribution in [3.63, 3.8) is 0 Å². The van der Waals surface area contributed by atoms with E-state index in [-0.39, 0.29) is 54.8 Å². The molecule has 5 rings (SSSR count). The first-order chi connectivity index (χ1) is 20.8. The quantitative estimate of drug-likeness (QED) is 0.258. The van der Waals surface area contributed by atoms with Crippen LogP contribution in [0.1, 0.15) is 44.2 Å². The lowest BCUT2D eigenvalue weighted by Gasteiger charge is -2.22. The van der Waals surface area contributed by atoms with Gasteiger partial charge in [-0.05, 0) is 58.3 Å². The molecule has 4 N–H and O–H groups in total. The highest BCUT2D eigenvalue weighted by molar-refractivity contribution is 5.97. The number of alkyl halides is 4. The van der Waals surface area contributed by atoms with E-state index in [1.165, 1.54) is 0 Å². The molecule has 2 aromatic heterocycles. The zero-order chi connectivity index (χ0) is 31.9. The summed E-state index contributed by atoms with van der Waals surface area (Å²) in [6.45, 7) is 5.92. The van der Waals surface area contributed by atoms with Crippen LogP contribution >= 0.6 is 0 Å². The first-order valence-electron chi connectivity index (χ1n) is 14.5. The van der Waals surface area contributed by atoms with E-state index < -0.39 is 63.7 Å². The molecule has 0 bridgehead atoms. The van der Waals surface area contributed by atoms with Crippen LogP contribution in [0.3, 0.4) is 0 Å². The van der Waals surface area contributed by atoms with E-state index in [0.29, 0.717) is 32.0 Å². The van der Waals surface area contributed by atoms with Crippen molar-refractivity contribution in [2.75, 3.05) is 44.3 Å². The Morgan fingerprint density at radius 3 is 2.59 bits per heavy atom. The largest absolute Gasteiger partial charge is 0.474 e. The number of benzene rings is 1. The Morgan fingerprint density at radius 1 is 1.18 bits per heavy atom. The van der Waals surface area contributed by atoms with Crippen LogP contribution in [-0.2, 0) is 6.18 Å². The number of ether oxygens (including phenoxy) is 2. The fourth-order valence-electron chi connectivity index (χ4n) is 5.62. The smallest absolute Gasteiger partial charge is 0.417 e. The van der Waals surface area contributed by atoms with Gasteiger partial charge in [-0.25, -0.2) is 18.2 Å². The van der Waals surface area contributed by atoms with E-state index in [0.717, 1.165) is 6.92 Å². The number of likely N-dealkylation sites (N-methyl/N-ethyl adjacent to an activating group) is 1. The third-order valence-corrected chi connectivity index (χ3v) is 8.10. The maximum Gasteiger partial charge on any atom is 0.417 e. The van der Waals surface area contributed by atoms with Crippen LogP contribution in [0.5, 0.6) is 11.9 Å². The Labute approximate surface area is 250 Å². The number of hydrogen-bond acceptors (Lipinski definition) is 9. The number of halogens is 6. The van der Waals surface area contributed by atoms with Gasteiger partial charge in [0.2, 0.25) is 5.88 Å². The summed E-state index contributed by atoms with van der Waals surface area (Å²) in [7, 11) is 1.75. The second kappa shape index (κ2) is 12.4. The number of likely N-dealkylation sites (tertiary alicyclic amines) is 1. The van der Waals surface area contributed by atoms with Gasteiger partial charge in [0.25, 0.3) is 0 Å². The molecule has 0 aliphatic carbocycles. The van der Waals surface area contributed by atoms with Gasteiger partial charge in [-0.2, -0.15) is 23.1 Å². The molecular formula is C29H35F6N7O2. The zero-order valence-corrected chi connectivity index (χ0v) is 24.8. The average molecular weight is 628 g/mol. The average Bonchev–Trinajstić information content (AvgIpc) is 3.27. The molecule has 240 valence electrons. The lowest BCUT2D eigenvalue weighted by atomic mass is 9.96. The summed E-state index contributed by atoms with van der Waals surface area (Å²) in [5, 5.41) is 6.59. The van der Waals surface area contributed by atoms with Crippen LogP contribution in [-0.4, -0.2) is 77.5 Å². The second-order valence-corrected chi connectivity index (χ2v) is 11.4. The summed E-state index contributed by atoms with van der Waals surface area (Å²) in [6.07, 6.45) is -5.22. The monoisotopic (exact) mass is 627 g/mol. The minimum Gasteiger partial charge on any atom is -0.474 e. The van der Waals surface area contributed by atoms with Gasteiger partial charge in [-0.1, -0.05) is 6.92 Å². The topological polar surface area (TPSA) is 110 Å². The molecule has 1 saturated heterocycles. The lowest BCUT2D eigenvalue weighted by Crippen LogP contribution is -2.34. The fraction of sp³-hybridized carbons (Fsp3) is 0.552. The van der Waals surface area contributed by atoms with Crippen molar-refractivity contribution in [3.8, 4) is 23.1 Å². The molecule has 1 unspecified atom stereocenters. The first kappa shape index (κ1) is 31.8. The Kier molecular flexibility index (Phi) is 8.99. The zero-order valence-electron chi connectivity index (χ0n) is 24.8. The van der Waals surface area contributed by atoms with E-state index in [1.807, 2.05) is 6.92 Å². The highest BCUT2D eigenvalue weighted by atomic mass is 19.4. The Balaban J connectivity index is 1.76. The number of anilines is 2. The number of nitrogens with one attached hydrogen (secondary N) is 2. The molecule has 9 nitrogen and oxygen atoms in total. The summed E-state index contributed by atoms with van der Waals surface area (Å²) in [5.41, 5.74) is 0.950. The molecule has 2 aliphatic heterocycles. The van der Waals surface area contributed by atoms with Gasteiger partial charge in [-0.3, -0.25) is 4.90 Å². The standard InChI is InChI=1S/C29H35F6N7O2/c1-5-16-10-37-7-6-13(2)44-27-20-25(40-28(41-26(20)38-16)43-12-17-8-15(30)11-42(17)4)23(32)24(39-27)18-9-19(36)22(31)14(3)21(18)29(33,34)35/h9,13,15-17,37H,5-8,10-12,36H2,1-4H3,(H,38,40,41)/t13-,15+,16?,17-/m0/s1. The molecule has 0 spiro atoms. The van der Waals surface area contributed by atoms with Crippen molar-refractivity contribution in [3.05, 3.63) is 28.8 Å². The van der Waals surface area contributed by atoms with Crippen LogP contribution in [0, 0.1) is 18.6 Å². The number of nitrogens with two attached hydrogens (primary N) is 1. The van der Waals surface area contributed by atoms with E-state index in [9.17, 15) is 22.0 Å². The fourth-order valence-corrected chi connectivity index (χ4v) is 5.62. The predicted molar refractivity (Wildman–Crippen MR) is 154 cm³/mol. The van der Waals surface area contributed by atoms with Gasteiger partial charge in [0.05, 0.1) is 17.4 Å². The molecule has 4 atom stereocenters. The van der Waals surface area contributed by atoms with E-state index in [1.54, 1.807) is 18.9 Å². The molecule has 0 saturated carbocycles. The van der Waals surface area contributed by atoms with Crippen molar-refractivity contribution >= 4 is 22.4 Å². The number of hydrogen-bond donors (Lipinski definition) is 3. The van der Waals surface area contributed by atoms with Gasteiger partial charge >= 0.3 is 12.2 Å². The molecule has 15 heteroatoms. The summed E-state index contributed by atoms with van der Waals surface area (Å²) < 4.78 is 99.9. The van der Waals surface area contributed by atoms with Gasteiger partial charge < -0.3 is 25.8 Å². The molecule has 0 amide bonds. The summed E-state index contributed by atoms with van der Waals surface area (Å²) in [4.78, 5) is 14.8. The minimum atomic E-state index is -5.07. The third kappa shape index (κ3) is 6.29. The van der Waals surface area contributed by atoms with E-state index in [4.69, 9.17) is 15.2 Å². The summed E-state index contributed by atoms with van der Waals surface area (Å²) in [5.74, 6) is -2.59. The van der Waals surface area contributed by atoms with Crippen LogP contribution in [0.25, 0.3) is 22.2 Å². The maximum absolute atomic E-state index is 16.6. The minimum absolute atomic E-state index is 0.00738. The Hall–Kier alpha value is -3.59. The van der Waals surface area contributed by atoms with Crippen molar-refractivity contribution in [1.82, 2.24) is 25.2 Å². The van der Waals surface area contributed by atoms with Crippen molar-refractivity contribution < 1.29 is 35.8 Å². The maximum atomic E-state index is 16.6. The molecule has 2 aliphatic rings. The van der Waals surface area contributed by atoms with E-state index in [2.05, 4.69) is 25.6 Å². The molecule has 0 radical (unpaired) electrons. The van der Waals surface area contributed by atoms with Crippen LogP contribution in [0.4, 0.5) is 37.8 Å². The molecule has 1 aromatic carbocycles. The lowest BCUT2D eigenvalue weighted by molar-refractivity contribution is -0.137. The summed E-state index contributed by atoms with van der Waals surface area (Å²) >= 11 is 0. The van der Waals surface area contributed by atoms with Gasteiger partial charge in [0, 0.05) is 30.7 Å². The van der Waals surface area contributed by atoms with Crippen LogP contribution in [0.15, 0.2) is 6.07 Å². The Morgan fingerprint density at radius 2 is 1.93 bits per heavy atom. The highest BCUT2D eigenvalue weighted by Gasteiger charge is 2.39. The molecule has 1 fully saturated rings. The van der Waals surface area contributed by atoms with Crippen molar-refractivity contribution in [1.29, 1.82) is 0 Å². The first-order valence-corrected chi connectivity index (χ1v) is 14.5. The van der Waals surface area contributed by atoms with Gasteiger partial charge in [0.15, 0.2) is 5.82 Å². The van der Waals surface area contributed by atoms with Gasteiger partial charge in [0.1, 0.15) is 41.0 Å². The second-order valence-electron chi connectivity index (χ2n) is 11.4. The number of rotatable bonds is 5. The summed E-state index contributed by atoms with van der Waals surface area (Å²) in [6, 6.07) is -0.0367. The molecular weight excluding hydrogens is 592 g/mol. The normalized spacial score (nSPS) is 23.2. The molecule has 44 heavy (non-hydrogen) atoms. The highest BCUT2D eigenvalue weighted by Crippen LogP contribution is 2.45. The number of nitrogen functional groups attached to an aromatic ring is 1. The van der Waals surface area contributed by atoms with Crippen LogP contribution in [0.2, 0.25) is 0 Å². The SMILES string of the molecule is CCC1CNCC[C@H](C)Oc2nc(-c3cc(N)c(F)c(C)c3C(F)(F)F)c(F)c3nc(OC[C@@H]4C[C@@H](F)CN4C)nc(c23)N1. The molecule has 4 heterocycles. The van der Waals surface area contributed by atoms with Crippen LogP contribution < -0.4 is 25.8 Å². The van der Waals surface area contributed by atoms with Crippen molar-refractivity contribution in [2.45, 2.75) is 70.6 Å². The molecule has 3 aromatic rings. The van der Waals surface area contributed by atoms with Crippen molar-refractivity contribution in [2.24, 2.45) is 0 Å². The number of aromatic nitrogens is 3. The number of nitrogens with zero attached hydrogens (tertiary/aromatic N) is 4. The predicted octanol–water partition coefficient (Wildman–Crippen LogP) is 5.25. The van der Waals surface area contributed by atoms with E-state index >= 15 is 4.39 Å². The number of pyridine rings is 1. The third-order valence-electron chi connectivity index (χ3n) is 8.10. The Bertz CT molecular complexity index is 1540.